The minimum atomic E-state index is -0.696. The number of rotatable bonds is 4. The lowest BCUT2D eigenvalue weighted by Crippen LogP contribution is -2.42. The Kier molecular flexibility index (Phi) is 3.57. The molecule has 104 valence electrons. The van der Waals surface area contributed by atoms with E-state index in [4.69, 9.17) is 4.74 Å². The van der Waals surface area contributed by atoms with Crippen LogP contribution in [-0.2, 0) is 10.2 Å². The number of aryl methyl sites for hydroxylation is 1. The maximum atomic E-state index is 11.6. The molecule has 0 aromatic heterocycles. The molecule has 1 saturated carbocycles. The first kappa shape index (κ1) is 13.9. The Labute approximate surface area is 114 Å². The highest BCUT2D eigenvalue weighted by Crippen LogP contribution is 2.46. The number of carboxylic acid groups (broad SMARTS) is 1. The molecule has 19 heavy (non-hydrogen) atoms. The molecule has 0 atom stereocenters. The van der Waals surface area contributed by atoms with Gasteiger partial charge in [0.1, 0.15) is 5.75 Å². The molecular weight excluding hydrogens is 240 g/mol. The molecule has 1 aromatic carbocycles. The fourth-order valence-electron chi connectivity index (χ4n) is 2.94. The first-order chi connectivity index (χ1) is 8.92. The summed E-state index contributed by atoms with van der Waals surface area (Å²) in [5.41, 5.74) is 2.40. The highest BCUT2D eigenvalue weighted by atomic mass is 16.5. The molecule has 3 heteroatoms. The van der Waals surface area contributed by atoms with Crippen LogP contribution in [0.15, 0.2) is 12.1 Å². The lowest BCUT2D eigenvalue weighted by atomic mass is 9.64. The monoisotopic (exact) mass is 262 g/mol. The number of hydrogen-bond acceptors (Lipinski definition) is 2. The molecule has 2 rings (SSSR count). The van der Waals surface area contributed by atoms with Crippen LogP contribution in [0.4, 0.5) is 0 Å². The van der Waals surface area contributed by atoms with Gasteiger partial charge >= 0.3 is 5.97 Å². The minimum Gasteiger partial charge on any atom is -0.496 e. The fourth-order valence-corrected chi connectivity index (χ4v) is 2.94. The van der Waals surface area contributed by atoms with Gasteiger partial charge in [0.15, 0.2) is 0 Å². The Hall–Kier alpha value is -1.51. The molecule has 1 fully saturated rings. The number of carbonyl (C=O) groups is 1. The summed E-state index contributed by atoms with van der Waals surface area (Å²) in [6.07, 6.45) is 2.48. The van der Waals surface area contributed by atoms with E-state index < -0.39 is 11.4 Å². The Bertz CT molecular complexity index is 499. The van der Waals surface area contributed by atoms with E-state index in [1.807, 2.05) is 19.1 Å². The third-order valence-electron chi connectivity index (χ3n) is 4.30. The molecule has 1 aromatic rings. The van der Waals surface area contributed by atoms with Gasteiger partial charge < -0.3 is 9.84 Å². The van der Waals surface area contributed by atoms with Gasteiger partial charge in [0.25, 0.3) is 0 Å². The summed E-state index contributed by atoms with van der Waals surface area (Å²) < 4.78 is 5.47. The molecule has 0 amide bonds. The Morgan fingerprint density at radius 3 is 2.37 bits per heavy atom. The zero-order valence-corrected chi connectivity index (χ0v) is 12.1. The fraction of sp³-hybridized carbons (Fsp3) is 0.562. The zero-order valence-electron chi connectivity index (χ0n) is 12.1. The maximum absolute atomic E-state index is 11.6. The lowest BCUT2D eigenvalue weighted by Gasteiger charge is -2.39. The zero-order chi connectivity index (χ0) is 14.2. The highest BCUT2D eigenvalue weighted by molar-refractivity contribution is 5.83. The molecule has 0 saturated heterocycles. The van der Waals surface area contributed by atoms with E-state index in [2.05, 4.69) is 13.8 Å². The van der Waals surface area contributed by atoms with Crippen LogP contribution in [0.1, 0.15) is 55.7 Å². The Morgan fingerprint density at radius 1 is 1.37 bits per heavy atom. The standard InChI is InChI=1S/C16H22O3/c1-10(2)13-9-12(8-11(3)14(13)19-4)16(15(17)18)6-5-7-16/h8-10H,5-7H2,1-4H3,(H,17,18). The molecule has 3 nitrogen and oxygen atoms in total. The third-order valence-corrected chi connectivity index (χ3v) is 4.30. The average molecular weight is 262 g/mol. The summed E-state index contributed by atoms with van der Waals surface area (Å²) in [4.78, 5) is 11.6. The summed E-state index contributed by atoms with van der Waals surface area (Å²) in [5, 5.41) is 9.55. The molecule has 1 aliphatic rings. The van der Waals surface area contributed by atoms with Crippen LogP contribution in [0.3, 0.4) is 0 Å². The van der Waals surface area contributed by atoms with Crippen LogP contribution in [0.25, 0.3) is 0 Å². The molecule has 0 aliphatic heterocycles. The number of ether oxygens (including phenoxy) is 1. The number of hydrogen-bond donors (Lipinski definition) is 1. The van der Waals surface area contributed by atoms with E-state index >= 15 is 0 Å². The quantitative estimate of drug-likeness (QED) is 0.901. The van der Waals surface area contributed by atoms with Gasteiger partial charge in [-0.15, -0.1) is 0 Å². The predicted octanol–water partition coefficient (Wildman–Crippen LogP) is 3.63. The topological polar surface area (TPSA) is 46.5 Å². The number of methoxy groups -OCH3 is 1. The van der Waals surface area contributed by atoms with Crippen molar-refractivity contribution < 1.29 is 14.6 Å². The van der Waals surface area contributed by atoms with Crippen molar-refractivity contribution in [2.24, 2.45) is 0 Å². The predicted molar refractivity (Wildman–Crippen MR) is 75.0 cm³/mol. The minimum absolute atomic E-state index is 0.319. The van der Waals surface area contributed by atoms with Crippen LogP contribution >= 0.6 is 0 Å². The van der Waals surface area contributed by atoms with Gasteiger partial charge in [0.05, 0.1) is 12.5 Å². The second-order valence-corrected chi connectivity index (χ2v) is 5.81. The van der Waals surface area contributed by atoms with Crippen molar-refractivity contribution in [3.8, 4) is 5.75 Å². The number of benzene rings is 1. The van der Waals surface area contributed by atoms with Crippen LogP contribution in [0, 0.1) is 6.92 Å². The molecule has 1 aliphatic carbocycles. The highest BCUT2D eigenvalue weighted by Gasteiger charge is 2.46. The van der Waals surface area contributed by atoms with Gasteiger partial charge in [0, 0.05) is 0 Å². The van der Waals surface area contributed by atoms with Crippen LogP contribution in [0.2, 0.25) is 0 Å². The van der Waals surface area contributed by atoms with Crippen LogP contribution in [-0.4, -0.2) is 18.2 Å². The van der Waals surface area contributed by atoms with Crippen molar-refractivity contribution in [3.05, 3.63) is 28.8 Å². The SMILES string of the molecule is COc1c(C)cc(C2(C(=O)O)CCC2)cc1C(C)C. The van der Waals surface area contributed by atoms with Crippen molar-refractivity contribution >= 4 is 5.97 Å². The summed E-state index contributed by atoms with van der Waals surface area (Å²) >= 11 is 0. The number of carboxylic acids is 1. The number of aliphatic carboxylic acids is 1. The molecule has 1 N–H and O–H groups in total. The summed E-state index contributed by atoms with van der Waals surface area (Å²) in [6, 6.07) is 4.02. The molecule has 0 bridgehead atoms. The third kappa shape index (κ3) is 2.11. The Balaban J connectivity index is 2.57. The van der Waals surface area contributed by atoms with E-state index in [0.717, 1.165) is 41.7 Å². The summed E-state index contributed by atoms with van der Waals surface area (Å²) in [6.45, 7) is 6.20. The van der Waals surface area contributed by atoms with Crippen molar-refractivity contribution in [2.75, 3.05) is 7.11 Å². The van der Waals surface area contributed by atoms with E-state index in [0.29, 0.717) is 5.92 Å². The summed E-state index contributed by atoms with van der Waals surface area (Å²) in [5.74, 6) is 0.510. The van der Waals surface area contributed by atoms with Crippen molar-refractivity contribution in [2.45, 2.75) is 51.4 Å². The van der Waals surface area contributed by atoms with Crippen molar-refractivity contribution in [3.63, 3.8) is 0 Å². The molecule has 0 spiro atoms. The molecule has 0 unspecified atom stereocenters. The van der Waals surface area contributed by atoms with Gasteiger partial charge in [-0.2, -0.15) is 0 Å². The normalized spacial score (nSPS) is 17.1. The summed E-state index contributed by atoms with van der Waals surface area (Å²) in [7, 11) is 1.67. The van der Waals surface area contributed by atoms with Crippen LogP contribution < -0.4 is 4.74 Å². The largest absolute Gasteiger partial charge is 0.496 e. The molecular formula is C16H22O3. The van der Waals surface area contributed by atoms with Gasteiger partial charge in [0.2, 0.25) is 0 Å². The maximum Gasteiger partial charge on any atom is 0.314 e. The molecule has 0 heterocycles. The van der Waals surface area contributed by atoms with Crippen molar-refractivity contribution in [1.82, 2.24) is 0 Å². The Morgan fingerprint density at radius 2 is 2.00 bits per heavy atom. The molecule has 0 radical (unpaired) electrons. The lowest BCUT2D eigenvalue weighted by molar-refractivity contribution is -0.147. The average Bonchev–Trinajstić information content (AvgIpc) is 2.25. The van der Waals surface area contributed by atoms with E-state index in [9.17, 15) is 9.90 Å². The van der Waals surface area contributed by atoms with Gasteiger partial charge in [-0.25, -0.2) is 0 Å². The second-order valence-electron chi connectivity index (χ2n) is 5.81. The van der Waals surface area contributed by atoms with Gasteiger partial charge in [-0.1, -0.05) is 32.4 Å². The first-order valence-corrected chi connectivity index (χ1v) is 6.85. The van der Waals surface area contributed by atoms with Crippen LogP contribution in [0.5, 0.6) is 5.75 Å². The van der Waals surface area contributed by atoms with E-state index in [1.54, 1.807) is 7.11 Å². The van der Waals surface area contributed by atoms with E-state index in [1.165, 1.54) is 0 Å². The first-order valence-electron chi connectivity index (χ1n) is 6.85. The second kappa shape index (κ2) is 4.87. The van der Waals surface area contributed by atoms with E-state index in [-0.39, 0.29) is 0 Å². The van der Waals surface area contributed by atoms with Crippen molar-refractivity contribution in [1.29, 1.82) is 0 Å². The van der Waals surface area contributed by atoms with Gasteiger partial charge in [-0.3, -0.25) is 4.79 Å². The smallest absolute Gasteiger partial charge is 0.314 e. The van der Waals surface area contributed by atoms with Gasteiger partial charge in [-0.05, 0) is 42.4 Å².